The van der Waals surface area contributed by atoms with E-state index in [4.69, 9.17) is 4.74 Å². The van der Waals surface area contributed by atoms with E-state index in [-0.39, 0.29) is 5.57 Å². The second-order valence-electron chi connectivity index (χ2n) is 7.09. The first-order valence-corrected chi connectivity index (χ1v) is 9.23. The third-order valence-electron chi connectivity index (χ3n) is 4.75. The molecule has 0 atom stereocenters. The molecule has 0 radical (unpaired) electrons. The SMILES string of the molecule is Cc1ccc(NC(=O)COC(=O)/C(C#N)=C/c2cc(C)n(C3CC3)c2C)cc1. The van der Waals surface area contributed by atoms with Crippen molar-refractivity contribution in [1.29, 1.82) is 5.26 Å². The van der Waals surface area contributed by atoms with E-state index < -0.39 is 18.5 Å². The number of nitrogens with one attached hydrogen (secondary N) is 1. The highest BCUT2D eigenvalue weighted by Gasteiger charge is 2.27. The van der Waals surface area contributed by atoms with Crippen molar-refractivity contribution in [3.8, 4) is 6.07 Å². The molecular weight excluding hydrogens is 354 g/mol. The summed E-state index contributed by atoms with van der Waals surface area (Å²) in [6.07, 6.45) is 3.84. The molecule has 1 saturated carbocycles. The van der Waals surface area contributed by atoms with Gasteiger partial charge in [0.25, 0.3) is 5.91 Å². The fourth-order valence-electron chi connectivity index (χ4n) is 3.18. The number of esters is 1. The van der Waals surface area contributed by atoms with Gasteiger partial charge >= 0.3 is 5.97 Å². The van der Waals surface area contributed by atoms with Crippen molar-refractivity contribution in [3.63, 3.8) is 0 Å². The molecule has 0 bridgehead atoms. The number of nitriles is 1. The largest absolute Gasteiger partial charge is 0.451 e. The van der Waals surface area contributed by atoms with E-state index in [2.05, 4.69) is 9.88 Å². The summed E-state index contributed by atoms with van der Waals surface area (Å²) in [6.45, 7) is 5.49. The van der Waals surface area contributed by atoms with Crippen LogP contribution < -0.4 is 5.32 Å². The molecule has 1 aliphatic rings. The highest BCUT2D eigenvalue weighted by Crippen LogP contribution is 2.38. The van der Waals surface area contributed by atoms with Crippen molar-refractivity contribution >= 4 is 23.6 Å². The molecule has 28 heavy (non-hydrogen) atoms. The maximum atomic E-state index is 12.2. The number of rotatable bonds is 6. The smallest absolute Gasteiger partial charge is 0.349 e. The predicted molar refractivity (Wildman–Crippen MR) is 107 cm³/mol. The Morgan fingerprint density at radius 2 is 1.93 bits per heavy atom. The van der Waals surface area contributed by atoms with Gasteiger partial charge in [0.05, 0.1) is 0 Å². The van der Waals surface area contributed by atoms with Crippen LogP contribution in [0.1, 0.15) is 41.4 Å². The molecule has 1 fully saturated rings. The lowest BCUT2D eigenvalue weighted by atomic mass is 10.1. The van der Waals surface area contributed by atoms with Crippen LogP contribution in [0.4, 0.5) is 5.69 Å². The number of carbonyl (C=O) groups excluding carboxylic acids is 2. The lowest BCUT2D eigenvalue weighted by Crippen LogP contribution is -2.21. The average Bonchev–Trinajstić information content (AvgIpc) is 3.45. The van der Waals surface area contributed by atoms with Gasteiger partial charge in [0, 0.05) is 23.1 Å². The van der Waals surface area contributed by atoms with Crippen molar-refractivity contribution < 1.29 is 14.3 Å². The van der Waals surface area contributed by atoms with Crippen LogP contribution in [0.25, 0.3) is 6.08 Å². The molecule has 1 heterocycles. The third-order valence-corrected chi connectivity index (χ3v) is 4.75. The molecule has 1 aromatic carbocycles. The third kappa shape index (κ3) is 4.49. The summed E-state index contributed by atoms with van der Waals surface area (Å²) in [4.78, 5) is 24.2. The van der Waals surface area contributed by atoms with Gasteiger partial charge in [0.2, 0.25) is 0 Å². The Kier molecular flexibility index (Phi) is 5.65. The zero-order valence-corrected chi connectivity index (χ0v) is 16.3. The summed E-state index contributed by atoms with van der Waals surface area (Å²) in [5, 5.41) is 12.0. The van der Waals surface area contributed by atoms with E-state index in [0.717, 1.165) is 35.4 Å². The minimum atomic E-state index is -0.808. The normalized spacial score (nSPS) is 13.7. The number of anilines is 1. The molecule has 2 aromatic rings. The lowest BCUT2D eigenvalue weighted by molar-refractivity contribution is -0.142. The zero-order valence-electron chi connectivity index (χ0n) is 16.3. The summed E-state index contributed by atoms with van der Waals surface area (Å²) in [7, 11) is 0. The number of amides is 1. The Hall–Kier alpha value is -3.33. The number of aryl methyl sites for hydroxylation is 2. The first kappa shape index (κ1) is 19.4. The number of benzene rings is 1. The molecule has 144 valence electrons. The van der Waals surface area contributed by atoms with E-state index >= 15 is 0 Å². The highest BCUT2D eigenvalue weighted by molar-refractivity contribution is 6.00. The standard InChI is InChI=1S/C22H23N3O3/c1-14-4-6-19(7-5-14)24-21(26)13-28-22(27)18(12-23)11-17-10-15(2)25(16(17)3)20-8-9-20/h4-7,10-11,20H,8-9,13H2,1-3H3,(H,24,26)/b18-11+. The maximum Gasteiger partial charge on any atom is 0.349 e. The minimum absolute atomic E-state index is 0.126. The van der Waals surface area contributed by atoms with Crippen molar-refractivity contribution in [2.24, 2.45) is 0 Å². The molecule has 6 heteroatoms. The fourth-order valence-corrected chi connectivity index (χ4v) is 3.18. The molecule has 0 spiro atoms. The first-order chi connectivity index (χ1) is 13.4. The summed E-state index contributed by atoms with van der Waals surface area (Å²) in [5.41, 5.74) is 4.53. The number of hydrogen-bond donors (Lipinski definition) is 1. The minimum Gasteiger partial charge on any atom is -0.451 e. The Labute approximate surface area is 164 Å². The number of aromatic nitrogens is 1. The molecular formula is C22H23N3O3. The molecule has 1 N–H and O–H groups in total. The van der Waals surface area contributed by atoms with Gasteiger partial charge in [-0.3, -0.25) is 4.79 Å². The van der Waals surface area contributed by atoms with Crippen LogP contribution in [0.3, 0.4) is 0 Å². The van der Waals surface area contributed by atoms with Gasteiger partial charge < -0.3 is 14.6 Å². The number of carbonyl (C=O) groups is 2. The molecule has 3 rings (SSSR count). The Morgan fingerprint density at radius 1 is 1.25 bits per heavy atom. The Morgan fingerprint density at radius 3 is 2.54 bits per heavy atom. The zero-order chi connectivity index (χ0) is 20.3. The average molecular weight is 377 g/mol. The second-order valence-corrected chi connectivity index (χ2v) is 7.09. The van der Waals surface area contributed by atoms with Gasteiger partial charge in [-0.05, 0) is 63.5 Å². The molecule has 6 nitrogen and oxygen atoms in total. The quantitative estimate of drug-likeness (QED) is 0.471. The van der Waals surface area contributed by atoms with Crippen LogP contribution >= 0.6 is 0 Å². The van der Waals surface area contributed by atoms with E-state index in [1.54, 1.807) is 12.1 Å². The van der Waals surface area contributed by atoms with Crippen LogP contribution in [0, 0.1) is 32.1 Å². The van der Waals surface area contributed by atoms with E-state index in [9.17, 15) is 14.9 Å². The lowest BCUT2D eigenvalue weighted by Gasteiger charge is -2.07. The number of nitrogens with zero attached hydrogens (tertiary/aromatic N) is 2. The summed E-state index contributed by atoms with van der Waals surface area (Å²) >= 11 is 0. The topological polar surface area (TPSA) is 84.1 Å². The van der Waals surface area contributed by atoms with Crippen molar-refractivity contribution in [2.75, 3.05) is 11.9 Å². The molecule has 1 aliphatic carbocycles. The maximum absolute atomic E-state index is 12.2. The second kappa shape index (κ2) is 8.13. The first-order valence-electron chi connectivity index (χ1n) is 9.23. The Bertz CT molecular complexity index is 974. The predicted octanol–water partition coefficient (Wildman–Crippen LogP) is 3.84. The summed E-state index contributed by atoms with van der Waals surface area (Å²) in [6, 6.07) is 11.6. The van der Waals surface area contributed by atoms with Crippen molar-refractivity contribution in [1.82, 2.24) is 4.57 Å². The van der Waals surface area contributed by atoms with Crippen molar-refractivity contribution in [3.05, 3.63) is 58.4 Å². The van der Waals surface area contributed by atoms with Gasteiger partial charge in [-0.2, -0.15) is 5.26 Å². The van der Waals surface area contributed by atoms with Crippen LogP contribution in [0.15, 0.2) is 35.9 Å². The molecule has 1 aromatic heterocycles. The highest BCUT2D eigenvalue weighted by atomic mass is 16.5. The van der Waals surface area contributed by atoms with Gasteiger partial charge in [0.15, 0.2) is 6.61 Å². The van der Waals surface area contributed by atoms with Crippen LogP contribution in [0.2, 0.25) is 0 Å². The van der Waals surface area contributed by atoms with Crippen LogP contribution in [0.5, 0.6) is 0 Å². The van der Waals surface area contributed by atoms with Gasteiger partial charge in [-0.15, -0.1) is 0 Å². The molecule has 0 saturated heterocycles. The summed E-state index contributed by atoms with van der Waals surface area (Å²) in [5.74, 6) is -1.26. The van der Waals surface area contributed by atoms with Gasteiger partial charge in [-0.1, -0.05) is 17.7 Å². The number of hydrogen-bond acceptors (Lipinski definition) is 4. The Balaban J connectivity index is 1.63. The molecule has 0 aliphatic heterocycles. The van der Waals surface area contributed by atoms with E-state index in [1.807, 2.05) is 45.0 Å². The van der Waals surface area contributed by atoms with E-state index in [1.165, 1.54) is 6.08 Å². The van der Waals surface area contributed by atoms with Crippen LogP contribution in [-0.4, -0.2) is 23.1 Å². The fraction of sp³-hybridized carbons (Fsp3) is 0.318. The van der Waals surface area contributed by atoms with Gasteiger partial charge in [-0.25, -0.2) is 4.79 Å². The van der Waals surface area contributed by atoms with E-state index in [0.29, 0.717) is 11.7 Å². The van der Waals surface area contributed by atoms with Crippen molar-refractivity contribution in [2.45, 2.75) is 39.7 Å². The number of ether oxygens (including phenoxy) is 1. The van der Waals surface area contributed by atoms with Crippen LogP contribution in [-0.2, 0) is 14.3 Å². The molecule has 0 unspecified atom stereocenters. The monoisotopic (exact) mass is 377 g/mol. The molecule has 1 amide bonds. The summed E-state index contributed by atoms with van der Waals surface area (Å²) < 4.78 is 7.25. The van der Waals surface area contributed by atoms with Gasteiger partial charge in [0.1, 0.15) is 11.6 Å².